The molecular weight excluding hydrogens is 480 g/mol. The number of nitrogens with one attached hydrogen (secondary N) is 1. The number of carboxylic acids is 1. The first-order valence-corrected chi connectivity index (χ1v) is 12.1. The first-order chi connectivity index (χ1) is 17.3. The van der Waals surface area contributed by atoms with E-state index in [1.807, 2.05) is 52.1 Å². The maximum atomic E-state index is 11.3. The predicted molar refractivity (Wildman–Crippen MR) is 136 cm³/mol. The maximum Gasteiger partial charge on any atom is 0.317 e. The highest BCUT2D eigenvalue weighted by Crippen LogP contribution is 2.50. The fourth-order valence-electron chi connectivity index (χ4n) is 3.89. The monoisotopic (exact) mass is 506 g/mol. The fourth-order valence-corrected chi connectivity index (χ4v) is 4.65. The van der Waals surface area contributed by atoms with Crippen molar-refractivity contribution in [3.05, 3.63) is 69.6 Å². The molecule has 9 heteroatoms. The van der Waals surface area contributed by atoms with Crippen LogP contribution in [0.15, 0.2) is 45.2 Å². The van der Waals surface area contributed by atoms with Crippen molar-refractivity contribution < 1.29 is 28.3 Å². The fraction of sp³-hybridized carbons (Fsp3) is 0.296. The molecule has 3 aromatic heterocycles. The van der Waals surface area contributed by atoms with Crippen molar-refractivity contribution in [3.8, 4) is 11.8 Å². The zero-order valence-corrected chi connectivity index (χ0v) is 21.2. The lowest BCUT2D eigenvalue weighted by atomic mass is 10.0. The number of carbonyl (C=O) groups excluding carboxylic acids is 1. The third-order valence-electron chi connectivity index (χ3n) is 6.14. The van der Waals surface area contributed by atoms with Crippen LogP contribution in [0.5, 0.6) is 0 Å². The Balaban J connectivity index is 0.000000214. The number of ether oxygens (including phenoxy) is 1. The molecule has 0 spiro atoms. The summed E-state index contributed by atoms with van der Waals surface area (Å²) in [6.45, 7) is 6.26. The summed E-state index contributed by atoms with van der Waals surface area (Å²) in [5, 5.41) is 13.1. The Morgan fingerprint density at radius 3 is 2.61 bits per heavy atom. The maximum absolute atomic E-state index is 11.3. The van der Waals surface area contributed by atoms with Crippen LogP contribution in [0.4, 0.5) is 5.69 Å². The summed E-state index contributed by atoms with van der Waals surface area (Å²) in [6, 6.07) is 11.4. The van der Waals surface area contributed by atoms with Crippen LogP contribution in [0.2, 0.25) is 0 Å². The van der Waals surface area contributed by atoms with Crippen molar-refractivity contribution in [3.63, 3.8) is 0 Å². The van der Waals surface area contributed by atoms with Crippen LogP contribution >= 0.6 is 11.5 Å². The van der Waals surface area contributed by atoms with Gasteiger partial charge in [-0.3, -0.25) is 9.59 Å². The van der Waals surface area contributed by atoms with Gasteiger partial charge in [0, 0.05) is 13.1 Å². The second-order valence-corrected chi connectivity index (χ2v) is 9.33. The lowest BCUT2D eigenvalue weighted by molar-refractivity contribution is -0.140. The second-order valence-electron chi connectivity index (χ2n) is 8.55. The number of hydrogen-bond acceptors (Lipinski definition) is 8. The largest absolute Gasteiger partial charge is 0.480 e. The van der Waals surface area contributed by atoms with Crippen LogP contribution in [0.1, 0.15) is 59.1 Å². The molecule has 0 aliphatic heterocycles. The van der Waals surface area contributed by atoms with E-state index in [1.54, 1.807) is 12.1 Å². The van der Waals surface area contributed by atoms with E-state index in [4.69, 9.17) is 13.6 Å². The van der Waals surface area contributed by atoms with Crippen LogP contribution in [0.25, 0.3) is 11.2 Å². The van der Waals surface area contributed by atoms with Gasteiger partial charge in [0.1, 0.15) is 22.2 Å². The van der Waals surface area contributed by atoms with Crippen LogP contribution in [-0.4, -0.2) is 29.0 Å². The average Bonchev–Trinajstić information content (AvgIpc) is 3.27. The van der Waals surface area contributed by atoms with Crippen molar-refractivity contribution >= 4 is 40.8 Å². The molecule has 36 heavy (non-hydrogen) atoms. The van der Waals surface area contributed by atoms with E-state index < -0.39 is 11.4 Å². The molecule has 0 radical (unpaired) electrons. The molecule has 1 aliphatic carbocycles. The van der Waals surface area contributed by atoms with Gasteiger partial charge in [0.2, 0.25) is 0 Å². The Hall–Kier alpha value is -4.03. The number of fused-ring (bicyclic) bond motifs is 1. The van der Waals surface area contributed by atoms with E-state index in [9.17, 15) is 14.7 Å². The van der Waals surface area contributed by atoms with Crippen LogP contribution in [-0.2, 0) is 19.7 Å². The molecule has 0 bridgehead atoms. The van der Waals surface area contributed by atoms with Gasteiger partial charge in [0.15, 0.2) is 5.76 Å². The number of nitrogens with zero attached hydrogens (tertiary/aromatic N) is 1. The topological polar surface area (TPSA) is 115 Å². The zero-order chi connectivity index (χ0) is 25.9. The Kier molecular flexibility index (Phi) is 7.17. The predicted octanol–water partition coefficient (Wildman–Crippen LogP) is 5.58. The molecule has 1 fully saturated rings. The van der Waals surface area contributed by atoms with Crippen LogP contribution in [0, 0.1) is 25.7 Å². The normalized spacial score (nSPS) is 14.1. The SMILES string of the molecule is CNc1c(C)nsc1C#Cc1cc2cc(C3(C(=O)O)CC3)oc2o1.Cc1ccccc1C(C)OC=O. The van der Waals surface area contributed by atoms with Crippen molar-refractivity contribution in [1.82, 2.24) is 4.37 Å². The van der Waals surface area contributed by atoms with Gasteiger partial charge in [-0.2, -0.15) is 4.37 Å². The summed E-state index contributed by atoms with van der Waals surface area (Å²) in [6.07, 6.45) is 1.05. The zero-order valence-electron chi connectivity index (χ0n) is 20.4. The summed E-state index contributed by atoms with van der Waals surface area (Å²) in [5.74, 6) is 6.40. The van der Waals surface area contributed by atoms with Crippen molar-refractivity contribution in [2.45, 2.75) is 45.1 Å². The minimum absolute atomic E-state index is 0.149. The summed E-state index contributed by atoms with van der Waals surface area (Å²) >= 11 is 1.33. The second kappa shape index (κ2) is 10.3. The molecule has 1 aromatic carbocycles. The third-order valence-corrected chi connectivity index (χ3v) is 7.00. The molecule has 1 atom stereocenters. The van der Waals surface area contributed by atoms with E-state index in [2.05, 4.69) is 21.5 Å². The number of hydrogen-bond donors (Lipinski definition) is 2. The van der Waals surface area contributed by atoms with E-state index in [0.717, 1.165) is 32.8 Å². The molecule has 4 aromatic rings. The van der Waals surface area contributed by atoms with Gasteiger partial charge < -0.3 is 24.0 Å². The van der Waals surface area contributed by atoms with E-state index >= 15 is 0 Å². The number of aromatic nitrogens is 1. The lowest BCUT2D eigenvalue weighted by Crippen LogP contribution is -2.18. The number of anilines is 1. The average molecular weight is 507 g/mol. The highest BCUT2D eigenvalue weighted by molar-refractivity contribution is 7.07. The molecular formula is C27H26N2O6S. The molecule has 1 saturated carbocycles. The Labute approximate surface area is 212 Å². The molecule has 5 rings (SSSR count). The van der Waals surface area contributed by atoms with Crippen LogP contribution in [0.3, 0.4) is 0 Å². The Bertz CT molecular complexity index is 1430. The summed E-state index contributed by atoms with van der Waals surface area (Å²) in [4.78, 5) is 22.3. The van der Waals surface area contributed by atoms with E-state index in [0.29, 0.717) is 36.6 Å². The summed E-state index contributed by atoms with van der Waals surface area (Å²) < 4.78 is 20.3. The number of carboxylic acid groups (broad SMARTS) is 1. The first kappa shape index (κ1) is 25.1. The number of benzene rings is 1. The molecule has 0 amide bonds. The minimum atomic E-state index is -0.866. The molecule has 186 valence electrons. The molecule has 2 N–H and O–H groups in total. The smallest absolute Gasteiger partial charge is 0.317 e. The number of furan rings is 2. The number of aryl methyl sites for hydroxylation is 2. The van der Waals surface area contributed by atoms with Gasteiger partial charge in [-0.15, -0.1) is 0 Å². The van der Waals surface area contributed by atoms with Crippen molar-refractivity contribution in [2.75, 3.05) is 12.4 Å². The van der Waals surface area contributed by atoms with Gasteiger partial charge in [0.05, 0.1) is 16.8 Å². The van der Waals surface area contributed by atoms with Gasteiger partial charge in [-0.1, -0.05) is 24.3 Å². The molecule has 1 aliphatic rings. The number of aliphatic carboxylic acids is 1. The molecule has 8 nitrogen and oxygen atoms in total. The third kappa shape index (κ3) is 4.99. The highest BCUT2D eigenvalue weighted by atomic mass is 32.1. The van der Waals surface area contributed by atoms with Gasteiger partial charge >= 0.3 is 5.97 Å². The van der Waals surface area contributed by atoms with Crippen molar-refractivity contribution in [2.24, 2.45) is 0 Å². The summed E-state index contributed by atoms with van der Waals surface area (Å²) in [5.41, 5.74) is 3.17. The van der Waals surface area contributed by atoms with Gasteiger partial charge in [-0.25, -0.2) is 0 Å². The Morgan fingerprint density at radius 2 is 2.00 bits per heavy atom. The highest BCUT2D eigenvalue weighted by Gasteiger charge is 2.54. The standard InChI is InChI=1S/C17H14N2O4S.C10H12O2/c1-9-14(18-2)12(24-19-9)4-3-11-7-10-8-13(23-15(10)22-11)17(5-6-17)16(20)21;1-8-5-3-4-6-10(8)9(2)12-7-11/h7-8,18H,5-6H2,1-2H3,(H,20,21);3-7,9H,1-2H3. The van der Waals surface area contributed by atoms with Crippen LogP contribution < -0.4 is 5.32 Å². The van der Waals surface area contributed by atoms with Gasteiger partial charge in [0.25, 0.3) is 12.3 Å². The number of rotatable bonds is 6. The van der Waals surface area contributed by atoms with E-state index in [-0.39, 0.29) is 6.10 Å². The van der Waals surface area contributed by atoms with Crippen molar-refractivity contribution in [1.29, 1.82) is 0 Å². The van der Waals surface area contributed by atoms with Gasteiger partial charge in [-0.05, 0) is 74.2 Å². The quantitative estimate of drug-likeness (QED) is 0.257. The first-order valence-electron chi connectivity index (χ1n) is 11.4. The molecule has 3 heterocycles. The molecule has 0 saturated heterocycles. The van der Waals surface area contributed by atoms with E-state index in [1.165, 1.54) is 11.5 Å². The lowest BCUT2D eigenvalue weighted by Gasteiger charge is -2.11. The number of carbonyl (C=O) groups is 2. The molecule has 1 unspecified atom stereocenters. The minimum Gasteiger partial charge on any atom is -0.480 e. The Morgan fingerprint density at radius 1 is 1.25 bits per heavy atom. The summed E-state index contributed by atoms with van der Waals surface area (Å²) in [7, 11) is 1.83.